The molecule has 0 radical (unpaired) electrons. The lowest BCUT2D eigenvalue weighted by Gasteiger charge is -2.20. The normalized spacial score (nSPS) is 12.2. The Morgan fingerprint density at radius 2 is 1.67 bits per heavy atom. The number of nitro groups is 1. The minimum absolute atomic E-state index is 0.335. The Morgan fingerprint density at radius 3 is 2.06 bits per heavy atom. The van der Waals surface area contributed by atoms with Crippen LogP contribution in [0.3, 0.4) is 0 Å². The summed E-state index contributed by atoms with van der Waals surface area (Å²) < 4.78 is 0. The van der Waals surface area contributed by atoms with Crippen LogP contribution >= 0.6 is 0 Å². The Balaban J connectivity index is 3.15. The fourth-order valence-electron chi connectivity index (χ4n) is 2.12. The number of nitrogens with zero attached hydrogens (tertiary/aromatic N) is 1. The molecule has 0 heterocycles. The molecule has 0 bridgehead atoms. The Bertz CT molecular complexity index is 441. The Morgan fingerprint density at radius 1 is 1.17 bits per heavy atom. The van der Waals surface area contributed by atoms with Gasteiger partial charge < -0.3 is 0 Å². The summed E-state index contributed by atoms with van der Waals surface area (Å²) in [6.45, 7) is 2.16. The first-order valence-corrected chi connectivity index (χ1v) is 5.61. The Labute approximate surface area is 105 Å². The zero-order valence-corrected chi connectivity index (χ0v) is 10.3. The second-order valence-electron chi connectivity index (χ2n) is 4.23. The molecule has 1 atom stereocenters. The van der Waals surface area contributed by atoms with Crippen LogP contribution in [0.15, 0.2) is 30.3 Å². The molecule has 96 valence electrons. The van der Waals surface area contributed by atoms with Crippen molar-refractivity contribution in [2.45, 2.75) is 19.8 Å². The molecule has 0 saturated carbocycles. The molecule has 5 heteroatoms. The molecular weight excluding hydrogens is 234 g/mol. The van der Waals surface area contributed by atoms with E-state index >= 15 is 0 Å². The van der Waals surface area contributed by atoms with E-state index < -0.39 is 23.3 Å². The fourth-order valence-corrected chi connectivity index (χ4v) is 2.12. The second-order valence-corrected chi connectivity index (χ2v) is 4.23. The molecule has 0 saturated heterocycles. The second kappa shape index (κ2) is 6.05. The fraction of sp³-hybridized carbons (Fsp3) is 0.385. The number of carbonyl (C=O) groups excluding carboxylic acids is 2. The molecule has 0 amide bonds. The summed E-state index contributed by atoms with van der Waals surface area (Å²) in [5, 5.41) is 10.7. The van der Waals surface area contributed by atoms with Crippen molar-refractivity contribution in [3.8, 4) is 0 Å². The van der Waals surface area contributed by atoms with E-state index in [4.69, 9.17) is 0 Å². The first kappa shape index (κ1) is 14.0. The van der Waals surface area contributed by atoms with Crippen LogP contribution in [-0.2, 0) is 9.59 Å². The number of carbonyl (C=O) groups is 2. The molecule has 0 spiro atoms. The first-order chi connectivity index (χ1) is 8.43. The van der Waals surface area contributed by atoms with Crippen molar-refractivity contribution < 1.29 is 14.5 Å². The van der Waals surface area contributed by atoms with Crippen molar-refractivity contribution in [2.24, 2.45) is 5.92 Å². The van der Waals surface area contributed by atoms with Crippen LogP contribution in [0.1, 0.15) is 25.3 Å². The number of hydrogen-bond acceptors (Lipinski definition) is 4. The third-order valence-corrected chi connectivity index (χ3v) is 2.85. The molecule has 0 aliphatic carbocycles. The van der Waals surface area contributed by atoms with Gasteiger partial charge in [0.25, 0.3) is 0 Å². The van der Waals surface area contributed by atoms with E-state index in [2.05, 4.69) is 0 Å². The Kier molecular flexibility index (Phi) is 4.71. The third-order valence-electron chi connectivity index (χ3n) is 2.85. The van der Waals surface area contributed by atoms with Gasteiger partial charge in [0.15, 0.2) is 0 Å². The maximum atomic E-state index is 11.5. The van der Waals surface area contributed by atoms with Crippen LogP contribution in [0.5, 0.6) is 0 Å². The highest BCUT2D eigenvalue weighted by molar-refractivity contribution is 6.01. The average Bonchev–Trinajstić information content (AvgIpc) is 2.27. The molecule has 1 aromatic rings. The number of Topliss-reactive ketones (excluding diaryl/α,β-unsaturated/α-hetero) is 2. The van der Waals surface area contributed by atoms with Gasteiger partial charge in [0, 0.05) is 4.92 Å². The minimum atomic E-state index is -0.946. The largest absolute Gasteiger partial charge is 0.299 e. The summed E-state index contributed by atoms with van der Waals surface area (Å²) in [4.78, 5) is 33.3. The summed E-state index contributed by atoms with van der Waals surface area (Å²) in [6, 6.07) is 8.66. The third kappa shape index (κ3) is 3.48. The number of hydrogen-bond donors (Lipinski definition) is 0. The molecule has 5 nitrogen and oxygen atoms in total. The van der Waals surface area contributed by atoms with Crippen molar-refractivity contribution in [1.29, 1.82) is 0 Å². The quantitative estimate of drug-likeness (QED) is 0.438. The maximum Gasteiger partial charge on any atom is 0.211 e. The van der Waals surface area contributed by atoms with E-state index in [1.165, 1.54) is 13.8 Å². The van der Waals surface area contributed by atoms with Gasteiger partial charge in [-0.25, -0.2) is 0 Å². The van der Waals surface area contributed by atoms with E-state index in [1.54, 1.807) is 30.3 Å². The Hall–Kier alpha value is -2.04. The molecular formula is C13H15NO4. The van der Waals surface area contributed by atoms with Gasteiger partial charge in [-0.1, -0.05) is 30.3 Å². The van der Waals surface area contributed by atoms with E-state index in [0.29, 0.717) is 5.56 Å². The van der Waals surface area contributed by atoms with Gasteiger partial charge in [-0.05, 0) is 19.4 Å². The van der Waals surface area contributed by atoms with Gasteiger partial charge >= 0.3 is 0 Å². The molecule has 18 heavy (non-hydrogen) atoms. The van der Waals surface area contributed by atoms with Crippen molar-refractivity contribution in [2.75, 3.05) is 6.54 Å². The summed E-state index contributed by atoms with van der Waals surface area (Å²) in [7, 11) is 0. The average molecular weight is 249 g/mol. The van der Waals surface area contributed by atoms with Crippen LogP contribution in [0.25, 0.3) is 0 Å². The summed E-state index contributed by atoms with van der Waals surface area (Å²) in [5.74, 6) is -2.31. The van der Waals surface area contributed by atoms with Crippen LogP contribution < -0.4 is 0 Å². The molecule has 0 aliphatic rings. The van der Waals surface area contributed by atoms with Gasteiger partial charge in [0.05, 0.1) is 11.8 Å². The molecule has 1 unspecified atom stereocenters. The molecule has 1 aromatic carbocycles. The van der Waals surface area contributed by atoms with E-state index in [0.717, 1.165) is 0 Å². The summed E-state index contributed by atoms with van der Waals surface area (Å²) in [5.41, 5.74) is 0.643. The SMILES string of the molecule is CC(=O)C(C(C)=O)C(C[N+](=O)[O-])c1ccccc1. The standard InChI is InChI=1S/C13H15NO4/c1-9(15)13(10(2)16)12(8-14(17)18)11-6-4-3-5-7-11/h3-7,12-13H,8H2,1-2H3. The first-order valence-electron chi connectivity index (χ1n) is 5.61. The van der Waals surface area contributed by atoms with E-state index in [-0.39, 0.29) is 11.6 Å². The van der Waals surface area contributed by atoms with Gasteiger partial charge in [-0.3, -0.25) is 19.7 Å². The smallest absolute Gasteiger partial charge is 0.211 e. The lowest BCUT2D eigenvalue weighted by molar-refractivity contribution is -0.484. The molecule has 0 fully saturated rings. The van der Waals surface area contributed by atoms with Gasteiger partial charge in [0.1, 0.15) is 11.6 Å². The molecule has 0 N–H and O–H groups in total. The molecule has 0 aromatic heterocycles. The van der Waals surface area contributed by atoms with Gasteiger partial charge in [0.2, 0.25) is 6.54 Å². The zero-order valence-electron chi connectivity index (χ0n) is 10.3. The monoisotopic (exact) mass is 249 g/mol. The lowest BCUT2D eigenvalue weighted by atomic mass is 9.81. The number of ketones is 2. The van der Waals surface area contributed by atoms with Crippen LogP contribution in [0.4, 0.5) is 0 Å². The highest BCUT2D eigenvalue weighted by Gasteiger charge is 2.34. The number of rotatable bonds is 6. The highest BCUT2D eigenvalue weighted by Crippen LogP contribution is 2.26. The molecule has 1 rings (SSSR count). The predicted molar refractivity (Wildman–Crippen MR) is 65.9 cm³/mol. The van der Waals surface area contributed by atoms with Crippen LogP contribution in [0, 0.1) is 16.0 Å². The van der Waals surface area contributed by atoms with Crippen LogP contribution in [0.2, 0.25) is 0 Å². The summed E-state index contributed by atoms with van der Waals surface area (Å²) >= 11 is 0. The predicted octanol–water partition coefficient (Wildman–Crippen LogP) is 1.84. The van der Waals surface area contributed by atoms with Crippen molar-refractivity contribution in [3.63, 3.8) is 0 Å². The maximum absolute atomic E-state index is 11.5. The molecule has 0 aliphatic heterocycles. The lowest BCUT2D eigenvalue weighted by Crippen LogP contribution is -2.31. The van der Waals surface area contributed by atoms with Crippen LogP contribution in [-0.4, -0.2) is 23.0 Å². The zero-order chi connectivity index (χ0) is 13.7. The van der Waals surface area contributed by atoms with E-state index in [9.17, 15) is 19.7 Å². The highest BCUT2D eigenvalue weighted by atomic mass is 16.6. The van der Waals surface area contributed by atoms with Crippen molar-refractivity contribution >= 4 is 11.6 Å². The van der Waals surface area contributed by atoms with Gasteiger partial charge in [-0.2, -0.15) is 0 Å². The topological polar surface area (TPSA) is 77.3 Å². The van der Waals surface area contributed by atoms with Gasteiger partial charge in [-0.15, -0.1) is 0 Å². The summed E-state index contributed by atoms with van der Waals surface area (Å²) in [6.07, 6.45) is 0. The number of benzene rings is 1. The minimum Gasteiger partial charge on any atom is -0.299 e. The van der Waals surface area contributed by atoms with Crippen molar-refractivity contribution in [3.05, 3.63) is 46.0 Å². The van der Waals surface area contributed by atoms with E-state index in [1.807, 2.05) is 0 Å². The van der Waals surface area contributed by atoms with Crippen molar-refractivity contribution in [1.82, 2.24) is 0 Å².